The molecule has 1 aromatic carbocycles. The van der Waals surface area contributed by atoms with Crippen LogP contribution in [0.3, 0.4) is 0 Å². The maximum atomic E-state index is 11.1. The van der Waals surface area contributed by atoms with Crippen LogP contribution in [0.25, 0.3) is 21.9 Å². The van der Waals surface area contributed by atoms with Crippen molar-refractivity contribution in [3.05, 3.63) is 40.9 Å². The van der Waals surface area contributed by atoms with Gasteiger partial charge in [0.1, 0.15) is 0 Å². The Morgan fingerprint density at radius 3 is 2.43 bits per heavy atom. The number of hydrogen-bond acceptors (Lipinski definition) is 3. The lowest BCUT2D eigenvalue weighted by Crippen LogP contribution is -2.21. The fourth-order valence-electron chi connectivity index (χ4n) is 1.64. The summed E-state index contributed by atoms with van der Waals surface area (Å²) in [5, 5.41) is 8.09. The van der Waals surface area contributed by atoms with Gasteiger partial charge in [0.25, 0.3) is 0 Å². The number of hydrogen-bond donors (Lipinski definition) is 3. The molecule has 0 atom stereocenters. The first-order chi connectivity index (χ1) is 9.79. The second-order valence-electron chi connectivity index (χ2n) is 3.95. The van der Waals surface area contributed by atoms with Crippen molar-refractivity contribution in [1.29, 1.82) is 0 Å². The molecule has 0 aliphatic rings. The predicted molar refractivity (Wildman–Crippen MR) is 67.9 cm³/mol. The van der Waals surface area contributed by atoms with Crippen LogP contribution in [0, 0.1) is 0 Å². The van der Waals surface area contributed by atoms with Crippen LogP contribution in [-0.2, 0) is 4.79 Å². The molecular formula is C12H8F3N3O3. The van der Waals surface area contributed by atoms with Crippen molar-refractivity contribution in [2.45, 2.75) is 6.18 Å². The van der Waals surface area contributed by atoms with E-state index in [-0.39, 0.29) is 5.69 Å². The van der Waals surface area contributed by atoms with Crippen molar-refractivity contribution >= 4 is 27.9 Å². The number of nitrogens with zero attached hydrogens (tertiary/aromatic N) is 1. The number of alkyl halides is 3. The van der Waals surface area contributed by atoms with Gasteiger partial charge < -0.3 is 15.1 Å². The second-order valence-corrected chi connectivity index (χ2v) is 3.95. The van der Waals surface area contributed by atoms with E-state index in [0.717, 1.165) is 21.9 Å². The molecule has 9 heteroatoms. The fraction of sp³-hybridized carbons (Fsp3) is 0.0833. The monoisotopic (exact) mass is 299 g/mol. The van der Waals surface area contributed by atoms with E-state index >= 15 is 0 Å². The van der Waals surface area contributed by atoms with Gasteiger partial charge in [0.2, 0.25) is 0 Å². The van der Waals surface area contributed by atoms with Crippen LogP contribution in [0.4, 0.5) is 13.2 Å². The van der Waals surface area contributed by atoms with Gasteiger partial charge in [0.15, 0.2) is 0 Å². The average Bonchev–Trinajstić information content (AvgIpc) is 2.79. The number of aromatic nitrogens is 3. The van der Waals surface area contributed by atoms with Gasteiger partial charge in [0.05, 0.1) is 22.7 Å². The number of pyridine rings is 1. The van der Waals surface area contributed by atoms with Crippen LogP contribution in [0.5, 0.6) is 0 Å². The number of benzene rings is 1. The Labute approximate surface area is 114 Å². The van der Waals surface area contributed by atoms with E-state index in [1.807, 2.05) is 24.3 Å². The number of carbonyl (C=O) groups is 1. The molecule has 3 aromatic rings. The molecule has 2 heterocycles. The topological polar surface area (TPSA) is 98.8 Å². The lowest BCUT2D eigenvalue weighted by molar-refractivity contribution is -0.192. The Balaban J connectivity index is 0.000000199. The predicted octanol–water partition coefficient (Wildman–Crippen LogP) is 2.04. The maximum Gasteiger partial charge on any atom is 0.490 e. The third kappa shape index (κ3) is 3.19. The molecule has 110 valence electrons. The number of aromatic amines is 2. The number of fused-ring (bicyclic) bond motifs is 3. The van der Waals surface area contributed by atoms with E-state index in [9.17, 15) is 18.0 Å². The Kier molecular flexibility index (Phi) is 3.66. The van der Waals surface area contributed by atoms with Crippen molar-refractivity contribution in [2.75, 3.05) is 0 Å². The Morgan fingerprint density at radius 2 is 1.81 bits per heavy atom. The van der Waals surface area contributed by atoms with E-state index in [1.165, 1.54) is 0 Å². The normalized spacial score (nSPS) is 11.2. The van der Waals surface area contributed by atoms with Crippen LogP contribution in [0.15, 0.2) is 35.3 Å². The average molecular weight is 299 g/mol. The minimum absolute atomic E-state index is 0.196. The number of para-hydroxylation sites is 1. The third-order valence-corrected chi connectivity index (χ3v) is 2.50. The summed E-state index contributed by atoms with van der Waals surface area (Å²) in [6, 6.07) is 7.70. The minimum atomic E-state index is -5.08. The Morgan fingerprint density at radius 1 is 1.19 bits per heavy atom. The second kappa shape index (κ2) is 5.27. The molecule has 3 N–H and O–H groups in total. The van der Waals surface area contributed by atoms with Crippen molar-refractivity contribution in [3.8, 4) is 0 Å². The van der Waals surface area contributed by atoms with Gasteiger partial charge in [0, 0.05) is 5.39 Å². The number of aliphatic carboxylic acids is 1. The van der Waals surface area contributed by atoms with Gasteiger partial charge in [-0.3, -0.25) is 4.98 Å². The number of halogens is 3. The smallest absolute Gasteiger partial charge is 0.475 e. The largest absolute Gasteiger partial charge is 0.490 e. The van der Waals surface area contributed by atoms with Crippen LogP contribution < -0.4 is 5.69 Å². The Bertz CT molecular complexity index is 851. The highest BCUT2D eigenvalue weighted by Crippen LogP contribution is 2.18. The molecule has 0 saturated carbocycles. The molecule has 0 saturated heterocycles. The summed E-state index contributed by atoms with van der Waals surface area (Å²) < 4.78 is 31.7. The van der Waals surface area contributed by atoms with Crippen molar-refractivity contribution in [3.63, 3.8) is 0 Å². The zero-order valence-electron chi connectivity index (χ0n) is 10.2. The summed E-state index contributed by atoms with van der Waals surface area (Å²) >= 11 is 0. The van der Waals surface area contributed by atoms with Crippen LogP contribution >= 0.6 is 0 Å². The van der Waals surface area contributed by atoms with E-state index in [4.69, 9.17) is 9.90 Å². The molecular weight excluding hydrogens is 291 g/mol. The standard InChI is InChI=1S/C10H7N3O.C2HF3O2/c14-10-12-8-5-11-7-4-2-1-3-6(7)9(8)13-10;3-2(4,5)1(6)7/h1-5H,(H2,12,13,14);(H,6,7). The summed E-state index contributed by atoms with van der Waals surface area (Å²) in [7, 11) is 0. The van der Waals surface area contributed by atoms with Crippen molar-refractivity contribution < 1.29 is 23.1 Å². The molecule has 0 fully saturated rings. The number of rotatable bonds is 0. The van der Waals surface area contributed by atoms with E-state index in [2.05, 4.69) is 15.0 Å². The first-order valence-electron chi connectivity index (χ1n) is 5.55. The molecule has 6 nitrogen and oxygen atoms in total. The van der Waals surface area contributed by atoms with Gasteiger partial charge in [-0.05, 0) is 6.07 Å². The summed E-state index contributed by atoms with van der Waals surface area (Å²) in [4.78, 5) is 29.6. The van der Waals surface area contributed by atoms with Gasteiger partial charge in [-0.25, -0.2) is 9.59 Å². The number of H-pyrrole nitrogens is 2. The number of nitrogens with one attached hydrogen (secondary N) is 2. The molecule has 0 unspecified atom stereocenters. The number of imidazole rings is 1. The van der Waals surface area contributed by atoms with Crippen LogP contribution in [0.2, 0.25) is 0 Å². The maximum absolute atomic E-state index is 11.1. The van der Waals surface area contributed by atoms with E-state index in [0.29, 0.717) is 0 Å². The first-order valence-corrected chi connectivity index (χ1v) is 5.55. The summed E-state index contributed by atoms with van der Waals surface area (Å²) in [5.74, 6) is -2.76. The quantitative estimate of drug-likeness (QED) is 0.591. The van der Waals surface area contributed by atoms with Crippen molar-refractivity contribution in [1.82, 2.24) is 15.0 Å². The highest BCUT2D eigenvalue weighted by Gasteiger charge is 2.38. The van der Waals surface area contributed by atoms with E-state index in [1.54, 1.807) is 6.20 Å². The van der Waals surface area contributed by atoms with Crippen LogP contribution in [0.1, 0.15) is 0 Å². The van der Waals surface area contributed by atoms with Gasteiger partial charge >= 0.3 is 17.8 Å². The van der Waals surface area contributed by atoms with Gasteiger partial charge in [-0.2, -0.15) is 13.2 Å². The lowest BCUT2D eigenvalue weighted by Gasteiger charge is -1.96. The highest BCUT2D eigenvalue weighted by atomic mass is 19.4. The minimum Gasteiger partial charge on any atom is -0.475 e. The summed E-state index contributed by atoms with van der Waals surface area (Å²) in [6.45, 7) is 0. The van der Waals surface area contributed by atoms with Crippen molar-refractivity contribution in [2.24, 2.45) is 0 Å². The van der Waals surface area contributed by atoms with Crippen LogP contribution in [-0.4, -0.2) is 32.2 Å². The fourth-order valence-corrected chi connectivity index (χ4v) is 1.64. The molecule has 0 spiro atoms. The molecule has 0 aliphatic heterocycles. The van der Waals surface area contributed by atoms with Gasteiger partial charge in [-0.15, -0.1) is 0 Å². The highest BCUT2D eigenvalue weighted by molar-refractivity contribution is 6.01. The molecule has 0 radical (unpaired) electrons. The summed E-state index contributed by atoms with van der Waals surface area (Å²) in [5.41, 5.74) is 2.25. The third-order valence-electron chi connectivity index (χ3n) is 2.50. The molecule has 2 aromatic heterocycles. The molecule has 21 heavy (non-hydrogen) atoms. The molecule has 0 amide bonds. The zero-order valence-corrected chi connectivity index (χ0v) is 10.2. The van der Waals surface area contributed by atoms with E-state index < -0.39 is 12.1 Å². The zero-order chi connectivity index (χ0) is 15.6. The lowest BCUT2D eigenvalue weighted by atomic mass is 10.2. The first kappa shape index (κ1) is 14.6. The molecule has 0 aliphatic carbocycles. The molecule has 0 bridgehead atoms. The number of carboxylic acids is 1. The summed E-state index contributed by atoms with van der Waals surface area (Å²) in [6.07, 6.45) is -3.42. The van der Waals surface area contributed by atoms with Gasteiger partial charge in [-0.1, -0.05) is 18.2 Å². The molecule has 3 rings (SSSR count). The SMILES string of the molecule is O=C(O)C(F)(F)F.O=c1[nH]c2cnc3ccccc3c2[nH]1. The number of carboxylic acid groups (broad SMARTS) is 1. The Hall–Kier alpha value is -2.84.